The van der Waals surface area contributed by atoms with Crippen molar-refractivity contribution in [2.24, 2.45) is 0 Å². The van der Waals surface area contributed by atoms with Crippen LogP contribution in [0.3, 0.4) is 0 Å². The van der Waals surface area contributed by atoms with Gasteiger partial charge in [-0.25, -0.2) is 0 Å². The average Bonchev–Trinajstić information content (AvgIpc) is 2.79. The number of alkyl halides is 3. The summed E-state index contributed by atoms with van der Waals surface area (Å²) in [6.45, 7) is 0. The molecule has 0 atom stereocenters. The van der Waals surface area contributed by atoms with Gasteiger partial charge in [0.1, 0.15) is 16.8 Å². The highest BCUT2D eigenvalue weighted by molar-refractivity contribution is 7.88. The summed E-state index contributed by atoms with van der Waals surface area (Å²) in [4.78, 5) is 27.7. The molecule has 0 radical (unpaired) electrons. The van der Waals surface area contributed by atoms with Gasteiger partial charge in [0.25, 0.3) is 11.4 Å². The Bertz CT molecular complexity index is 1560. The zero-order chi connectivity index (χ0) is 26.0. The smallest absolute Gasteiger partial charge is 0.506 e. The van der Waals surface area contributed by atoms with Gasteiger partial charge >= 0.3 is 15.6 Å². The van der Waals surface area contributed by atoms with Crippen LogP contribution >= 0.6 is 0 Å². The van der Waals surface area contributed by atoms with Crippen molar-refractivity contribution in [3.63, 3.8) is 0 Å². The van der Waals surface area contributed by atoms with E-state index in [1.165, 1.54) is 30.5 Å². The van der Waals surface area contributed by atoms with Gasteiger partial charge < -0.3 is 9.29 Å². The number of hydrogen-bond acceptors (Lipinski definition) is 10. The van der Waals surface area contributed by atoms with Crippen LogP contribution in [0.2, 0.25) is 0 Å². The van der Waals surface area contributed by atoms with Gasteiger partial charge in [0.15, 0.2) is 5.75 Å². The van der Waals surface area contributed by atoms with Crippen molar-refractivity contribution in [1.29, 1.82) is 0 Å². The highest BCUT2D eigenvalue weighted by Gasteiger charge is 2.48. The number of nitrogens with zero attached hydrogens (tertiary/aromatic N) is 4. The third-order valence-corrected chi connectivity index (χ3v) is 5.28. The highest BCUT2D eigenvalue weighted by Crippen LogP contribution is 2.34. The number of nitro groups is 2. The lowest BCUT2D eigenvalue weighted by Gasteiger charge is -2.10. The van der Waals surface area contributed by atoms with E-state index in [0.29, 0.717) is 5.39 Å². The van der Waals surface area contributed by atoms with Crippen molar-refractivity contribution in [2.75, 3.05) is 0 Å². The molecule has 0 saturated heterocycles. The van der Waals surface area contributed by atoms with Crippen LogP contribution in [0.25, 0.3) is 21.8 Å². The number of aromatic nitrogens is 2. The number of phenols is 1. The van der Waals surface area contributed by atoms with Gasteiger partial charge in [-0.15, -0.1) is 0 Å². The van der Waals surface area contributed by atoms with E-state index >= 15 is 0 Å². The molecule has 4 aromatic rings. The Kier molecular flexibility index (Phi) is 6.68. The molecule has 0 unspecified atom stereocenters. The van der Waals surface area contributed by atoms with E-state index in [4.69, 9.17) is 0 Å². The number of aromatic hydroxyl groups is 1. The van der Waals surface area contributed by atoms with E-state index in [9.17, 15) is 46.9 Å². The van der Waals surface area contributed by atoms with Crippen molar-refractivity contribution < 1.29 is 40.7 Å². The number of non-ortho nitro benzene ring substituents is 2. The number of pyridine rings is 2. The molecule has 12 nitrogen and oxygen atoms in total. The maximum absolute atomic E-state index is 12.3. The summed E-state index contributed by atoms with van der Waals surface area (Å²) in [6, 6.07) is 9.80. The first-order chi connectivity index (χ1) is 16.3. The number of halogens is 3. The Hall–Kier alpha value is -4.60. The monoisotopic (exact) mass is 512 g/mol. The number of hydrogen-bond donors (Lipinski definition) is 1. The van der Waals surface area contributed by atoms with Crippen molar-refractivity contribution in [2.45, 2.75) is 5.51 Å². The summed E-state index contributed by atoms with van der Waals surface area (Å²) in [5.74, 6) is -0.792. The van der Waals surface area contributed by atoms with Crippen molar-refractivity contribution in [3.05, 3.63) is 81.2 Å². The molecule has 0 spiro atoms. The molecule has 2 aromatic carbocycles. The third kappa shape index (κ3) is 5.16. The third-order valence-electron chi connectivity index (χ3n) is 4.31. The number of benzene rings is 2. The van der Waals surface area contributed by atoms with Crippen LogP contribution < -0.4 is 4.18 Å². The zero-order valence-corrected chi connectivity index (χ0v) is 17.7. The second-order valence-corrected chi connectivity index (χ2v) is 8.02. The summed E-state index contributed by atoms with van der Waals surface area (Å²) >= 11 is 0. The fourth-order valence-electron chi connectivity index (χ4n) is 2.83. The largest absolute Gasteiger partial charge is 0.534 e. The summed E-state index contributed by atoms with van der Waals surface area (Å²) in [5, 5.41) is 31.0. The van der Waals surface area contributed by atoms with Crippen LogP contribution in [0.1, 0.15) is 0 Å². The SMILES string of the molecule is O=[N+]([O-])c1ccc(O)c2ncccc12.O=[N+]([O-])c1ccc(OS(=O)(=O)C(F)(F)F)c2ncccc12. The lowest BCUT2D eigenvalue weighted by molar-refractivity contribution is -0.383. The lowest BCUT2D eigenvalue weighted by Crippen LogP contribution is -2.28. The molecule has 2 heterocycles. The molecule has 16 heteroatoms. The van der Waals surface area contributed by atoms with Gasteiger partial charge in [-0.2, -0.15) is 21.6 Å². The van der Waals surface area contributed by atoms with Crippen molar-refractivity contribution in [1.82, 2.24) is 9.97 Å². The van der Waals surface area contributed by atoms with Gasteiger partial charge in [-0.05, 0) is 36.4 Å². The van der Waals surface area contributed by atoms with Crippen LogP contribution in [0.15, 0.2) is 60.9 Å². The van der Waals surface area contributed by atoms with E-state index in [-0.39, 0.29) is 27.9 Å². The summed E-state index contributed by atoms with van der Waals surface area (Å²) in [6.07, 6.45) is 2.62. The van der Waals surface area contributed by atoms with E-state index in [0.717, 1.165) is 18.3 Å². The molecule has 2 aromatic heterocycles. The maximum atomic E-state index is 12.3. The predicted octanol–water partition coefficient (Wildman–Crippen LogP) is 4.22. The molecule has 0 bridgehead atoms. The topological polar surface area (TPSA) is 176 Å². The summed E-state index contributed by atoms with van der Waals surface area (Å²) in [5.41, 5.74) is -6.21. The first-order valence-corrected chi connectivity index (χ1v) is 10.5. The molecule has 0 saturated carbocycles. The molecule has 0 fully saturated rings. The van der Waals surface area contributed by atoms with E-state index in [2.05, 4.69) is 14.2 Å². The van der Waals surface area contributed by atoms with Crippen LogP contribution in [0.5, 0.6) is 11.5 Å². The molecule has 4 rings (SSSR count). The minimum absolute atomic E-state index is 0.0498. The highest BCUT2D eigenvalue weighted by atomic mass is 32.2. The van der Waals surface area contributed by atoms with Crippen LogP contribution in [-0.2, 0) is 10.1 Å². The van der Waals surface area contributed by atoms with Gasteiger partial charge in [-0.1, -0.05) is 0 Å². The molecular weight excluding hydrogens is 501 g/mol. The molecule has 182 valence electrons. The quantitative estimate of drug-likeness (QED) is 0.180. The minimum atomic E-state index is -5.89. The van der Waals surface area contributed by atoms with Gasteiger partial charge in [0.2, 0.25) is 0 Å². The fourth-order valence-corrected chi connectivity index (χ4v) is 3.29. The molecule has 0 amide bonds. The number of fused-ring (bicyclic) bond motifs is 2. The van der Waals surface area contributed by atoms with Gasteiger partial charge in [0, 0.05) is 24.5 Å². The number of rotatable bonds is 4. The predicted molar refractivity (Wildman–Crippen MR) is 114 cm³/mol. The Balaban J connectivity index is 0.000000211. The van der Waals surface area contributed by atoms with Crippen LogP contribution in [0.4, 0.5) is 24.5 Å². The van der Waals surface area contributed by atoms with Crippen LogP contribution in [-0.4, -0.2) is 38.8 Å². The van der Waals surface area contributed by atoms with E-state index in [1.807, 2.05) is 0 Å². The Labute approximate surface area is 192 Å². The fraction of sp³-hybridized carbons (Fsp3) is 0.0526. The maximum Gasteiger partial charge on any atom is 0.534 e. The summed E-state index contributed by atoms with van der Waals surface area (Å²) < 4.78 is 62.8. The number of phenolic OH excluding ortho intramolecular Hbond substituents is 1. The molecular formula is C19H11F3N4O8S. The Morgan fingerprint density at radius 2 is 1.31 bits per heavy atom. The zero-order valence-electron chi connectivity index (χ0n) is 16.9. The number of nitro benzene ring substituents is 2. The first kappa shape index (κ1) is 25.0. The van der Waals surface area contributed by atoms with Gasteiger partial charge in [0.05, 0.1) is 20.6 Å². The average molecular weight is 512 g/mol. The second kappa shape index (κ2) is 9.34. The lowest BCUT2D eigenvalue weighted by atomic mass is 10.2. The van der Waals surface area contributed by atoms with Crippen LogP contribution in [0, 0.1) is 20.2 Å². The Morgan fingerprint density at radius 3 is 1.83 bits per heavy atom. The molecule has 1 N–H and O–H groups in total. The minimum Gasteiger partial charge on any atom is -0.506 e. The van der Waals surface area contributed by atoms with E-state index in [1.54, 1.807) is 12.1 Å². The normalized spacial score (nSPS) is 11.5. The second-order valence-electron chi connectivity index (χ2n) is 6.48. The van der Waals surface area contributed by atoms with E-state index < -0.39 is 36.9 Å². The van der Waals surface area contributed by atoms with Crippen molar-refractivity contribution in [3.8, 4) is 11.5 Å². The summed E-state index contributed by atoms with van der Waals surface area (Å²) in [7, 11) is -5.89. The first-order valence-electron chi connectivity index (χ1n) is 9.07. The standard InChI is InChI=1S/C10H5F3N2O5S.C9H6N2O3/c11-10(12,13)21(18,19)20-8-4-3-7(15(16)17)6-2-1-5-14-9(6)8;12-8-4-3-7(11(13)14)6-2-1-5-10-9(6)8/h1-5H;1-5,12H. The molecule has 0 aliphatic carbocycles. The molecule has 35 heavy (non-hydrogen) atoms. The molecule has 0 aliphatic rings. The Morgan fingerprint density at radius 1 is 0.829 bits per heavy atom. The molecule has 0 aliphatic heterocycles. The van der Waals surface area contributed by atoms with Gasteiger partial charge in [-0.3, -0.25) is 30.2 Å². The van der Waals surface area contributed by atoms with Crippen molar-refractivity contribution >= 4 is 43.3 Å².